The number of hydrogen-bond donors (Lipinski definition) is 3. The maximum Gasteiger partial charge on any atom is 0.247 e. The molecule has 3 N–H and O–H groups in total. The van der Waals surface area contributed by atoms with Crippen molar-refractivity contribution in [2.24, 2.45) is 5.92 Å². The van der Waals surface area contributed by atoms with Crippen LogP contribution < -0.4 is 20.9 Å². The number of carbonyl (C=O) groups excluding carboxylic acids is 1. The van der Waals surface area contributed by atoms with E-state index in [4.69, 9.17) is 5.26 Å². The minimum atomic E-state index is -0.533. The normalized spacial score (nSPS) is 22.3. The quantitative estimate of drug-likeness (QED) is 0.670. The molecule has 0 saturated heterocycles. The number of nitrogens with one attached hydrogen (secondary N) is 3. The standard InChI is InChI=1S/C21H25FN8O/c1-10(2)17-20(31)28-16-11(3)25-21(29-19(16)30(17)4)27-14-6-13(7-14)26-18-15(22)5-12(8-23)9-24-18/h5,9-10,13-14,17H,6-7H2,1-4H3,(H,24,26)(H,28,31)(H,25,27,29)/t13-,14+,17-/m0/s1. The van der Waals surface area contributed by atoms with Gasteiger partial charge in [-0.3, -0.25) is 4.79 Å². The van der Waals surface area contributed by atoms with Gasteiger partial charge in [0.1, 0.15) is 17.8 Å². The summed E-state index contributed by atoms with van der Waals surface area (Å²) in [5.41, 5.74) is 1.54. The van der Waals surface area contributed by atoms with E-state index in [0.717, 1.165) is 12.8 Å². The topological polar surface area (TPSA) is 119 Å². The predicted molar refractivity (Wildman–Crippen MR) is 115 cm³/mol. The summed E-state index contributed by atoms with van der Waals surface area (Å²) in [5.74, 6) is 0.918. The Morgan fingerprint density at radius 1 is 1.29 bits per heavy atom. The number of likely N-dealkylation sites (N-methyl/N-ethyl adjacent to an activating group) is 1. The van der Waals surface area contributed by atoms with E-state index in [1.807, 2.05) is 38.8 Å². The van der Waals surface area contributed by atoms with Gasteiger partial charge < -0.3 is 20.9 Å². The second-order valence-corrected chi connectivity index (χ2v) is 8.44. The molecule has 1 amide bonds. The van der Waals surface area contributed by atoms with Gasteiger partial charge in [-0.1, -0.05) is 13.8 Å². The van der Waals surface area contributed by atoms with Crippen molar-refractivity contribution in [3.8, 4) is 6.07 Å². The number of pyridine rings is 1. The molecule has 3 heterocycles. The fourth-order valence-electron chi connectivity index (χ4n) is 4.11. The zero-order valence-electron chi connectivity index (χ0n) is 17.9. The molecule has 1 aliphatic carbocycles. The lowest BCUT2D eigenvalue weighted by Gasteiger charge is -2.38. The van der Waals surface area contributed by atoms with Crippen molar-refractivity contribution in [2.75, 3.05) is 27.9 Å². The fourth-order valence-corrected chi connectivity index (χ4v) is 4.11. The third-order valence-corrected chi connectivity index (χ3v) is 5.75. The number of rotatable bonds is 5. The van der Waals surface area contributed by atoms with E-state index in [1.165, 1.54) is 12.3 Å². The van der Waals surface area contributed by atoms with Crippen LogP contribution in [0.15, 0.2) is 12.3 Å². The van der Waals surface area contributed by atoms with Gasteiger partial charge >= 0.3 is 0 Å². The number of carbonyl (C=O) groups is 1. The molecule has 9 nitrogen and oxygen atoms in total. The summed E-state index contributed by atoms with van der Waals surface area (Å²) in [4.78, 5) is 27.5. The lowest BCUT2D eigenvalue weighted by atomic mass is 9.87. The first-order valence-corrected chi connectivity index (χ1v) is 10.3. The summed E-state index contributed by atoms with van der Waals surface area (Å²) < 4.78 is 14.0. The van der Waals surface area contributed by atoms with Crippen LogP contribution in [0.25, 0.3) is 0 Å². The zero-order valence-corrected chi connectivity index (χ0v) is 17.9. The van der Waals surface area contributed by atoms with Crippen LogP contribution in [0.5, 0.6) is 0 Å². The lowest BCUT2D eigenvalue weighted by Crippen LogP contribution is -2.50. The number of halogens is 1. The van der Waals surface area contributed by atoms with Crippen molar-refractivity contribution in [1.82, 2.24) is 15.0 Å². The first kappa shape index (κ1) is 20.8. The summed E-state index contributed by atoms with van der Waals surface area (Å²) in [6.45, 7) is 5.86. The van der Waals surface area contributed by atoms with Gasteiger partial charge in [0.25, 0.3) is 0 Å². The summed E-state index contributed by atoms with van der Waals surface area (Å²) in [6, 6.07) is 2.96. The molecule has 0 aromatic carbocycles. The van der Waals surface area contributed by atoms with Crippen molar-refractivity contribution in [3.63, 3.8) is 0 Å². The Morgan fingerprint density at radius 2 is 2.00 bits per heavy atom. The van der Waals surface area contributed by atoms with Crippen molar-refractivity contribution in [1.29, 1.82) is 5.26 Å². The molecule has 1 saturated carbocycles. The molecule has 31 heavy (non-hydrogen) atoms. The average molecular weight is 424 g/mol. The van der Waals surface area contributed by atoms with E-state index in [1.54, 1.807) is 0 Å². The van der Waals surface area contributed by atoms with Gasteiger partial charge in [-0.05, 0) is 31.7 Å². The number of nitriles is 1. The van der Waals surface area contributed by atoms with Gasteiger partial charge in [-0.2, -0.15) is 10.2 Å². The highest BCUT2D eigenvalue weighted by Gasteiger charge is 2.36. The van der Waals surface area contributed by atoms with Gasteiger partial charge in [0.05, 0.1) is 11.3 Å². The lowest BCUT2D eigenvalue weighted by molar-refractivity contribution is -0.118. The molecule has 0 unspecified atom stereocenters. The number of hydrogen-bond acceptors (Lipinski definition) is 8. The maximum absolute atomic E-state index is 14.0. The number of aryl methyl sites for hydroxylation is 1. The van der Waals surface area contributed by atoms with E-state index in [2.05, 4.69) is 30.9 Å². The summed E-state index contributed by atoms with van der Waals surface area (Å²) in [6.07, 6.45) is 2.85. The van der Waals surface area contributed by atoms with Gasteiger partial charge in [-0.15, -0.1) is 0 Å². The minimum absolute atomic E-state index is 0.0473. The summed E-state index contributed by atoms with van der Waals surface area (Å²) in [5, 5.41) is 18.2. The molecular formula is C21H25FN8O. The molecule has 10 heteroatoms. The molecule has 0 spiro atoms. The molecule has 2 aromatic heterocycles. The minimum Gasteiger partial charge on any atom is -0.365 e. The zero-order chi connectivity index (χ0) is 22.3. The third-order valence-electron chi connectivity index (χ3n) is 5.75. The highest BCUT2D eigenvalue weighted by atomic mass is 19.1. The van der Waals surface area contributed by atoms with E-state index in [-0.39, 0.29) is 41.3 Å². The molecule has 162 valence electrons. The Hall–Kier alpha value is -3.48. The van der Waals surface area contributed by atoms with Gasteiger partial charge in [-0.25, -0.2) is 14.4 Å². The SMILES string of the molecule is Cc1nc(N[C@H]2C[C@@H](Nc3ncc(C#N)cc3F)C2)nc2c1NC(=O)[C@H](C(C)C)N2C. The highest BCUT2D eigenvalue weighted by Crippen LogP contribution is 2.35. The molecule has 1 aliphatic heterocycles. The second kappa shape index (κ2) is 7.98. The number of aromatic nitrogens is 3. The van der Waals surface area contributed by atoms with Crippen LogP contribution in [0.2, 0.25) is 0 Å². The van der Waals surface area contributed by atoms with Crippen LogP contribution in [0.1, 0.15) is 37.9 Å². The monoisotopic (exact) mass is 424 g/mol. The first-order chi connectivity index (χ1) is 14.8. The highest BCUT2D eigenvalue weighted by molar-refractivity contribution is 6.03. The Bertz CT molecular complexity index is 1060. The smallest absolute Gasteiger partial charge is 0.247 e. The molecule has 2 aromatic rings. The molecule has 0 radical (unpaired) electrons. The van der Waals surface area contributed by atoms with Crippen molar-refractivity contribution in [2.45, 2.75) is 51.7 Å². The van der Waals surface area contributed by atoms with Crippen LogP contribution in [0.3, 0.4) is 0 Å². The van der Waals surface area contributed by atoms with Gasteiger partial charge in [0.15, 0.2) is 17.5 Å². The fraction of sp³-hybridized carbons (Fsp3) is 0.476. The largest absolute Gasteiger partial charge is 0.365 e. The Kier molecular flexibility index (Phi) is 5.35. The van der Waals surface area contributed by atoms with Crippen molar-refractivity contribution in [3.05, 3.63) is 29.3 Å². The third kappa shape index (κ3) is 3.95. The summed E-state index contributed by atoms with van der Waals surface area (Å²) in [7, 11) is 1.88. The number of fused-ring (bicyclic) bond motifs is 1. The Morgan fingerprint density at radius 3 is 2.65 bits per heavy atom. The van der Waals surface area contributed by atoms with Gasteiger partial charge in [0, 0.05) is 25.3 Å². The number of anilines is 4. The van der Waals surface area contributed by atoms with Crippen LogP contribution >= 0.6 is 0 Å². The van der Waals surface area contributed by atoms with Gasteiger partial charge in [0.2, 0.25) is 11.9 Å². The molecule has 1 fully saturated rings. The molecule has 2 aliphatic rings. The second-order valence-electron chi connectivity index (χ2n) is 8.44. The number of amides is 1. The van der Waals surface area contributed by atoms with E-state index in [9.17, 15) is 9.18 Å². The Balaban J connectivity index is 1.41. The van der Waals surface area contributed by atoms with Crippen LogP contribution in [-0.4, -0.2) is 46.0 Å². The first-order valence-electron chi connectivity index (χ1n) is 10.3. The van der Waals surface area contributed by atoms with Crippen molar-refractivity contribution >= 4 is 29.2 Å². The average Bonchev–Trinajstić information content (AvgIpc) is 2.68. The van der Waals surface area contributed by atoms with E-state index in [0.29, 0.717) is 23.1 Å². The van der Waals surface area contributed by atoms with Crippen LogP contribution in [0.4, 0.5) is 27.7 Å². The number of nitrogens with zero attached hydrogens (tertiary/aromatic N) is 5. The summed E-state index contributed by atoms with van der Waals surface area (Å²) >= 11 is 0. The van der Waals surface area contributed by atoms with E-state index >= 15 is 0 Å². The van der Waals surface area contributed by atoms with Crippen LogP contribution in [-0.2, 0) is 4.79 Å². The molecular weight excluding hydrogens is 399 g/mol. The van der Waals surface area contributed by atoms with Crippen molar-refractivity contribution < 1.29 is 9.18 Å². The van der Waals surface area contributed by atoms with E-state index < -0.39 is 5.82 Å². The molecule has 0 bridgehead atoms. The molecule has 1 atom stereocenters. The maximum atomic E-state index is 14.0. The molecule has 4 rings (SSSR count). The van der Waals surface area contributed by atoms with Crippen LogP contribution in [0, 0.1) is 30.0 Å². The predicted octanol–water partition coefficient (Wildman–Crippen LogP) is 2.66. The Labute approximate surface area is 180 Å².